The summed E-state index contributed by atoms with van der Waals surface area (Å²) in [6, 6.07) is 11.6. The molecule has 0 aliphatic carbocycles. The Bertz CT molecular complexity index is 566. The van der Waals surface area contributed by atoms with E-state index in [9.17, 15) is 4.79 Å². The lowest BCUT2D eigenvalue weighted by Crippen LogP contribution is -2.26. The summed E-state index contributed by atoms with van der Waals surface area (Å²) in [5.74, 6) is 0.257. The molecular formula is C17H21N3O. The summed E-state index contributed by atoms with van der Waals surface area (Å²) in [5.41, 5.74) is 8.67. The molecule has 0 saturated heterocycles. The van der Waals surface area contributed by atoms with Crippen LogP contribution in [0, 0.1) is 0 Å². The van der Waals surface area contributed by atoms with Crippen molar-refractivity contribution in [2.24, 2.45) is 0 Å². The molecule has 0 aliphatic rings. The fraction of sp³-hybridized carbons (Fsp3) is 0.294. The fourth-order valence-corrected chi connectivity index (χ4v) is 2.18. The number of amides is 1. The Balaban J connectivity index is 1.75. The molecule has 0 aliphatic heterocycles. The summed E-state index contributed by atoms with van der Waals surface area (Å²) < 4.78 is 0. The van der Waals surface area contributed by atoms with Gasteiger partial charge in [0, 0.05) is 31.0 Å². The normalized spacial score (nSPS) is 11.9. The van der Waals surface area contributed by atoms with Crippen molar-refractivity contribution in [1.82, 2.24) is 10.3 Å². The zero-order chi connectivity index (χ0) is 15.1. The molecule has 2 aromatic rings. The Labute approximate surface area is 125 Å². The average molecular weight is 283 g/mol. The Kier molecular flexibility index (Phi) is 5.32. The van der Waals surface area contributed by atoms with Crippen LogP contribution in [0.25, 0.3) is 0 Å². The number of hydrogen-bond donors (Lipinski definition) is 2. The molecular weight excluding hydrogens is 262 g/mol. The predicted octanol–water partition coefficient (Wildman–Crippen LogP) is 2.52. The van der Waals surface area contributed by atoms with Crippen LogP contribution in [-0.4, -0.2) is 17.4 Å². The van der Waals surface area contributed by atoms with Gasteiger partial charge in [-0.25, -0.2) is 0 Å². The van der Waals surface area contributed by atoms with Gasteiger partial charge in [-0.05, 0) is 41.7 Å². The van der Waals surface area contributed by atoms with Gasteiger partial charge in [0.1, 0.15) is 0 Å². The molecule has 4 heteroatoms. The molecule has 0 radical (unpaired) electrons. The van der Waals surface area contributed by atoms with Gasteiger partial charge in [-0.2, -0.15) is 0 Å². The lowest BCUT2D eigenvalue weighted by Gasteiger charge is -2.12. The maximum atomic E-state index is 11.9. The fourth-order valence-electron chi connectivity index (χ4n) is 2.18. The molecule has 1 atom stereocenters. The Morgan fingerprint density at radius 2 is 2.05 bits per heavy atom. The number of anilines is 1. The highest BCUT2D eigenvalue weighted by Gasteiger charge is 2.10. The number of benzene rings is 1. The van der Waals surface area contributed by atoms with Crippen molar-refractivity contribution < 1.29 is 4.79 Å². The second-order valence-corrected chi connectivity index (χ2v) is 5.23. The number of carbonyl (C=O) groups is 1. The van der Waals surface area contributed by atoms with Crippen molar-refractivity contribution in [3.63, 3.8) is 0 Å². The van der Waals surface area contributed by atoms with E-state index in [0.29, 0.717) is 13.0 Å². The van der Waals surface area contributed by atoms with Gasteiger partial charge in [-0.15, -0.1) is 0 Å². The first-order chi connectivity index (χ1) is 10.1. The lowest BCUT2D eigenvalue weighted by molar-refractivity contribution is -0.121. The van der Waals surface area contributed by atoms with E-state index in [0.717, 1.165) is 23.2 Å². The van der Waals surface area contributed by atoms with Gasteiger partial charge in [0.2, 0.25) is 5.91 Å². The van der Waals surface area contributed by atoms with Gasteiger partial charge < -0.3 is 11.1 Å². The van der Waals surface area contributed by atoms with E-state index in [1.807, 2.05) is 49.5 Å². The highest BCUT2D eigenvalue weighted by molar-refractivity contribution is 5.76. The number of nitrogens with zero attached hydrogens (tertiary/aromatic N) is 1. The number of rotatable bonds is 6. The molecule has 1 heterocycles. The summed E-state index contributed by atoms with van der Waals surface area (Å²) in [6.45, 7) is 2.69. The maximum Gasteiger partial charge on any atom is 0.220 e. The van der Waals surface area contributed by atoms with Crippen molar-refractivity contribution in [2.75, 3.05) is 12.3 Å². The Morgan fingerprint density at radius 1 is 1.29 bits per heavy atom. The first kappa shape index (κ1) is 15.0. The quantitative estimate of drug-likeness (QED) is 0.800. The van der Waals surface area contributed by atoms with Crippen LogP contribution in [0.15, 0.2) is 48.8 Å². The smallest absolute Gasteiger partial charge is 0.220 e. The molecule has 3 N–H and O–H groups in total. The number of aromatic nitrogens is 1. The van der Waals surface area contributed by atoms with Gasteiger partial charge in [0.05, 0.1) is 0 Å². The highest BCUT2D eigenvalue weighted by atomic mass is 16.1. The van der Waals surface area contributed by atoms with Crippen LogP contribution in [-0.2, 0) is 11.2 Å². The number of nitrogens with two attached hydrogens (primary N) is 1. The molecule has 0 saturated carbocycles. The number of hydrogen-bond acceptors (Lipinski definition) is 3. The third kappa shape index (κ3) is 4.91. The first-order valence-corrected chi connectivity index (χ1v) is 7.16. The molecule has 0 bridgehead atoms. The molecule has 21 heavy (non-hydrogen) atoms. The summed E-state index contributed by atoms with van der Waals surface area (Å²) in [4.78, 5) is 16.0. The monoisotopic (exact) mass is 283 g/mol. The summed E-state index contributed by atoms with van der Waals surface area (Å²) in [6.07, 6.45) is 4.85. The van der Waals surface area contributed by atoms with Gasteiger partial charge >= 0.3 is 0 Å². The molecule has 2 rings (SSSR count). The van der Waals surface area contributed by atoms with Crippen molar-refractivity contribution in [3.05, 3.63) is 59.9 Å². The minimum absolute atomic E-state index is 0.0724. The molecule has 0 spiro atoms. The third-order valence-electron chi connectivity index (χ3n) is 3.46. The van der Waals surface area contributed by atoms with Crippen LogP contribution in [0.3, 0.4) is 0 Å². The number of nitrogens with one attached hydrogen (secondary N) is 1. The van der Waals surface area contributed by atoms with E-state index in [2.05, 4.69) is 10.3 Å². The molecule has 1 aromatic carbocycles. The van der Waals surface area contributed by atoms with Crippen molar-refractivity contribution in [2.45, 2.75) is 25.7 Å². The van der Waals surface area contributed by atoms with E-state index >= 15 is 0 Å². The molecule has 4 nitrogen and oxygen atoms in total. The Morgan fingerprint density at radius 3 is 2.71 bits per heavy atom. The second kappa shape index (κ2) is 7.43. The number of nitrogen functional groups attached to an aromatic ring is 1. The van der Waals surface area contributed by atoms with E-state index < -0.39 is 0 Å². The van der Waals surface area contributed by atoms with Gasteiger partial charge in [-0.3, -0.25) is 9.78 Å². The topological polar surface area (TPSA) is 68.0 Å². The van der Waals surface area contributed by atoms with Gasteiger partial charge in [0.15, 0.2) is 0 Å². The van der Waals surface area contributed by atoms with E-state index in [4.69, 9.17) is 5.73 Å². The van der Waals surface area contributed by atoms with Crippen LogP contribution >= 0.6 is 0 Å². The van der Waals surface area contributed by atoms with E-state index in [1.54, 1.807) is 6.20 Å². The van der Waals surface area contributed by atoms with Crippen LogP contribution in [0.5, 0.6) is 0 Å². The van der Waals surface area contributed by atoms with E-state index in [1.165, 1.54) is 0 Å². The Hall–Kier alpha value is -2.36. The number of pyridine rings is 1. The zero-order valence-electron chi connectivity index (χ0n) is 12.3. The minimum atomic E-state index is 0.0724. The molecule has 0 fully saturated rings. The molecule has 1 unspecified atom stereocenters. The summed E-state index contributed by atoms with van der Waals surface area (Å²) >= 11 is 0. The largest absolute Gasteiger partial charge is 0.399 e. The minimum Gasteiger partial charge on any atom is -0.399 e. The van der Waals surface area contributed by atoms with Gasteiger partial charge in [-0.1, -0.05) is 25.1 Å². The molecule has 1 amide bonds. The summed E-state index contributed by atoms with van der Waals surface area (Å²) in [7, 11) is 0. The number of carbonyl (C=O) groups excluding carboxylic acids is 1. The molecule has 1 aromatic heterocycles. The standard InChI is InChI=1S/C17H21N3O/c1-13(15-4-6-16(18)7-5-15)11-17(21)20-10-8-14-3-2-9-19-12-14/h2-7,9,12-13H,8,10-11,18H2,1H3,(H,20,21). The van der Waals surface area contributed by atoms with Crippen molar-refractivity contribution in [3.8, 4) is 0 Å². The average Bonchev–Trinajstić information content (AvgIpc) is 2.49. The van der Waals surface area contributed by atoms with Crippen LogP contribution in [0.2, 0.25) is 0 Å². The van der Waals surface area contributed by atoms with Crippen LogP contribution in [0.1, 0.15) is 30.4 Å². The second-order valence-electron chi connectivity index (χ2n) is 5.23. The maximum absolute atomic E-state index is 11.9. The zero-order valence-corrected chi connectivity index (χ0v) is 12.3. The first-order valence-electron chi connectivity index (χ1n) is 7.16. The van der Waals surface area contributed by atoms with Gasteiger partial charge in [0.25, 0.3) is 0 Å². The predicted molar refractivity (Wildman–Crippen MR) is 84.8 cm³/mol. The van der Waals surface area contributed by atoms with Crippen LogP contribution in [0.4, 0.5) is 5.69 Å². The SMILES string of the molecule is CC(CC(=O)NCCc1cccnc1)c1ccc(N)cc1. The molecule has 110 valence electrons. The highest BCUT2D eigenvalue weighted by Crippen LogP contribution is 2.19. The summed E-state index contributed by atoms with van der Waals surface area (Å²) in [5, 5.41) is 2.95. The van der Waals surface area contributed by atoms with Crippen LogP contribution < -0.4 is 11.1 Å². The lowest BCUT2D eigenvalue weighted by atomic mass is 9.97. The van der Waals surface area contributed by atoms with E-state index in [-0.39, 0.29) is 11.8 Å². The van der Waals surface area contributed by atoms with Crippen molar-refractivity contribution >= 4 is 11.6 Å². The van der Waals surface area contributed by atoms with Crippen molar-refractivity contribution in [1.29, 1.82) is 0 Å². The third-order valence-corrected chi connectivity index (χ3v) is 3.46.